The molecule has 0 aliphatic carbocycles. The van der Waals surface area contributed by atoms with E-state index in [-0.39, 0.29) is 13.1 Å². The van der Waals surface area contributed by atoms with Crippen LogP contribution in [-0.4, -0.2) is 46.2 Å². The van der Waals surface area contributed by atoms with E-state index in [4.69, 9.17) is 0 Å². The van der Waals surface area contributed by atoms with Gasteiger partial charge in [-0.3, -0.25) is 9.36 Å². The molecule has 1 fully saturated rings. The number of hydrogen-bond donors (Lipinski definition) is 1. The molecule has 1 aliphatic rings. The van der Waals surface area contributed by atoms with Gasteiger partial charge in [-0.25, -0.2) is 13.2 Å². The van der Waals surface area contributed by atoms with Crippen LogP contribution in [0.15, 0.2) is 20.7 Å². The Balaban J connectivity index is 2.56. The van der Waals surface area contributed by atoms with E-state index in [0.29, 0.717) is 12.8 Å². The molecule has 1 aromatic rings. The standard InChI is InChI=1S/C11H17N3O5S/c1-12-7-9(10(16)13(2)11(12)17)20(18,19)14-5-3-4-8(15)6-14/h7-8,15H,3-6H2,1-2H3/t8-/m0/s1. The lowest BCUT2D eigenvalue weighted by molar-refractivity contribution is 0.108. The van der Waals surface area contributed by atoms with E-state index in [0.717, 1.165) is 19.6 Å². The van der Waals surface area contributed by atoms with Gasteiger partial charge >= 0.3 is 5.69 Å². The van der Waals surface area contributed by atoms with Gasteiger partial charge in [0.15, 0.2) is 4.90 Å². The first-order valence-electron chi connectivity index (χ1n) is 6.20. The number of β-amino-alcohol motifs (C(OH)–C–C–N with tert-alkyl or cyclic N) is 1. The maximum absolute atomic E-state index is 12.5. The maximum atomic E-state index is 12.5. The lowest BCUT2D eigenvalue weighted by Gasteiger charge is -2.29. The maximum Gasteiger partial charge on any atom is 0.330 e. The number of rotatable bonds is 2. The quantitative estimate of drug-likeness (QED) is 0.696. The molecule has 8 nitrogen and oxygen atoms in total. The van der Waals surface area contributed by atoms with Gasteiger partial charge in [0, 0.05) is 33.4 Å². The first-order chi connectivity index (χ1) is 9.25. The minimum atomic E-state index is -4.01. The molecule has 2 heterocycles. The topological polar surface area (TPSA) is 102 Å². The van der Waals surface area contributed by atoms with Gasteiger partial charge in [0.1, 0.15) is 0 Å². The van der Waals surface area contributed by atoms with E-state index in [9.17, 15) is 23.1 Å². The Labute approximate surface area is 115 Å². The molecule has 0 amide bonds. The number of aliphatic hydroxyl groups is 1. The van der Waals surface area contributed by atoms with E-state index in [2.05, 4.69) is 0 Å². The van der Waals surface area contributed by atoms with Gasteiger partial charge in [-0.05, 0) is 12.8 Å². The van der Waals surface area contributed by atoms with Crippen LogP contribution in [0.1, 0.15) is 12.8 Å². The normalized spacial score (nSPS) is 21.1. The molecule has 1 atom stereocenters. The Morgan fingerprint density at radius 1 is 1.30 bits per heavy atom. The van der Waals surface area contributed by atoms with Gasteiger partial charge in [-0.2, -0.15) is 4.31 Å². The van der Waals surface area contributed by atoms with Gasteiger partial charge in [0.2, 0.25) is 10.0 Å². The monoisotopic (exact) mass is 303 g/mol. The van der Waals surface area contributed by atoms with Gasteiger partial charge in [-0.15, -0.1) is 0 Å². The second-order valence-corrected chi connectivity index (χ2v) is 6.82. The van der Waals surface area contributed by atoms with E-state index in [1.165, 1.54) is 14.1 Å². The molecule has 0 bridgehead atoms. The fourth-order valence-electron chi connectivity index (χ4n) is 2.23. The zero-order chi connectivity index (χ0) is 15.1. The van der Waals surface area contributed by atoms with Gasteiger partial charge in [0.05, 0.1) is 6.10 Å². The predicted molar refractivity (Wildman–Crippen MR) is 70.9 cm³/mol. The van der Waals surface area contributed by atoms with Crippen molar-refractivity contribution < 1.29 is 13.5 Å². The number of aromatic nitrogens is 2. The summed E-state index contributed by atoms with van der Waals surface area (Å²) in [5, 5.41) is 9.57. The molecule has 1 saturated heterocycles. The second kappa shape index (κ2) is 5.15. The summed E-state index contributed by atoms with van der Waals surface area (Å²) in [5.41, 5.74) is -1.44. The number of piperidine rings is 1. The predicted octanol–water partition coefficient (Wildman–Crippen LogP) is -1.77. The van der Waals surface area contributed by atoms with Gasteiger partial charge < -0.3 is 9.67 Å². The van der Waals surface area contributed by atoms with Crippen LogP contribution in [0.25, 0.3) is 0 Å². The molecule has 20 heavy (non-hydrogen) atoms. The third kappa shape index (κ3) is 2.43. The molecule has 0 radical (unpaired) electrons. The largest absolute Gasteiger partial charge is 0.392 e. The van der Waals surface area contributed by atoms with Crippen LogP contribution >= 0.6 is 0 Å². The molecule has 0 unspecified atom stereocenters. The van der Waals surface area contributed by atoms with E-state index in [1.54, 1.807) is 0 Å². The first-order valence-corrected chi connectivity index (χ1v) is 7.64. The Hall–Kier alpha value is -1.45. The number of hydrogen-bond acceptors (Lipinski definition) is 5. The van der Waals surface area contributed by atoms with Crippen LogP contribution < -0.4 is 11.2 Å². The van der Waals surface area contributed by atoms with Gasteiger partial charge in [0.25, 0.3) is 5.56 Å². The van der Waals surface area contributed by atoms with E-state index in [1.807, 2.05) is 0 Å². The molecule has 2 rings (SSSR count). The third-order valence-electron chi connectivity index (χ3n) is 3.39. The highest BCUT2D eigenvalue weighted by Crippen LogP contribution is 2.17. The van der Waals surface area contributed by atoms with Crippen LogP contribution in [0.4, 0.5) is 0 Å². The number of aliphatic hydroxyl groups excluding tert-OH is 1. The summed E-state index contributed by atoms with van der Waals surface area (Å²) in [7, 11) is -1.40. The van der Waals surface area contributed by atoms with Crippen molar-refractivity contribution in [1.82, 2.24) is 13.4 Å². The Morgan fingerprint density at radius 3 is 2.55 bits per heavy atom. The highest BCUT2D eigenvalue weighted by Gasteiger charge is 2.32. The summed E-state index contributed by atoms with van der Waals surface area (Å²) in [6, 6.07) is 0. The molecule has 9 heteroatoms. The Bertz CT molecular complexity index is 733. The second-order valence-electron chi connectivity index (χ2n) is 4.91. The lowest BCUT2D eigenvalue weighted by atomic mass is 10.1. The highest BCUT2D eigenvalue weighted by molar-refractivity contribution is 7.89. The SMILES string of the molecule is Cn1cc(S(=O)(=O)N2CCC[C@H](O)C2)c(=O)n(C)c1=O. The molecular weight excluding hydrogens is 286 g/mol. The van der Waals surface area contributed by atoms with Crippen molar-refractivity contribution in [2.45, 2.75) is 23.8 Å². The Kier molecular flexibility index (Phi) is 3.85. The minimum absolute atomic E-state index is 0.0334. The fraction of sp³-hybridized carbons (Fsp3) is 0.636. The summed E-state index contributed by atoms with van der Waals surface area (Å²) < 4.78 is 27.8. The van der Waals surface area contributed by atoms with Crippen LogP contribution in [-0.2, 0) is 24.1 Å². The highest BCUT2D eigenvalue weighted by atomic mass is 32.2. The summed E-state index contributed by atoms with van der Waals surface area (Å²) in [6.07, 6.45) is 1.38. The summed E-state index contributed by atoms with van der Waals surface area (Å²) >= 11 is 0. The molecular formula is C11H17N3O5S. The molecule has 0 saturated carbocycles. The van der Waals surface area contributed by atoms with Gasteiger partial charge in [-0.1, -0.05) is 0 Å². The van der Waals surface area contributed by atoms with Crippen molar-refractivity contribution in [3.05, 3.63) is 27.0 Å². The lowest BCUT2D eigenvalue weighted by Crippen LogP contribution is -2.46. The summed E-state index contributed by atoms with van der Waals surface area (Å²) in [6.45, 7) is 0.222. The number of nitrogens with zero attached hydrogens (tertiary/aromatic N) is 3. The minimum Gasteiger partial charge on any atom is -0.392 e. The summed E-state index contributed by atoms with van der Waals surface area (Å²) in [4.78, 5) is 23.1. The molecule has 0 aromatic carbocycles. The van der Waals surface area contributed by atoms with Crippen molar-refractivity contribution in [1.29, 1.82) is 0 Å². The summed E-state index contributed by atoms with van der Waals surface area (Å²) in [5.74, 6) is 0. The van der Waals surface area contributed by atoms with Crippen molar-refractivity contribution in [2.75, 3.05) is 13.1 Å². The average molecular weight is 303 g/mol. The number of sulfonamides is 1. The number of aryl methyl sites for hydroxylation is 1. The van der Waals surface area contributed by atoms with Crippen molar-refractivity contribution >= 4 is 10.0 Å². The molecule has 1 aromatic heterocycles. The molecule has 1 N–H and O–H groups in total. The smallest absolute Gasteiger partial charge is 0.330 e. The van der Waals surface area contributed by atoms with Crippen molar-refractivity contribution in [2.24, 2.45) is 14.1 Å². The van der Waals surface area contributed by atoms with Crippen molar-refractivity contribution in [3.8, 4) is 0 Å². The molecule has 1 aliphatic heterocycles. The average Bonchev–Trinajstić information content (AvgIpc) is 2.40. The third-order valence-corrected chi connectivity index (χ3v) is 5.24. The van der Waals surface area contributed by atoms with E-state index < -0.39 is 32.3 Å². The van der Waals surface area contributed by atoms with Crippen molar-refractivity contribution in [3.63, 3.8) is 0 Å². The molecule has 112 valence electrons. The fourth-order valence-corrected chi connectivity index (χ4v) is 3.90. The van der Waals surface area contributed by atoms with E-state index >= 15 is 0 Å². The Morgan fingerprint density at radius 2 is 1.95 bits per heavy atom. The van der Waals surface area contributed by atoms with Crippen LogP contribution in [0, 0.1) is 0 Å². The van der Waals surface area contributed by atoms with Crippen LogP contribution in [0.2, 0.25) is 0 Å². The zero-order valence-electron chi connectivity index (χ0n) is 11.3. The van der Waals surface area contributed by atoms with Crippen LogP contribution in [0.3, 0.4) is 0 Å². The van der Waals surface area contributed by atoms with Crippen LogP contribution in [0.5, 0.6) is 0 Å². The molecule has 0 spiro atoms. The zero-order valence-corrected chi connectivity index (χ0v) is 12.1. The first kappa shape index (κ1) is 14.9.